The van der Waals surface area contributed by atoms with Crippen molar-refractivity contribution in [3.8, 4) is 0 Å². The van der Waals surface area contributed by atoms with E-state index in [2.05, 4.69) is 18.2 Å². The first-order valence-electron chi connectivity index (χ1n) is 7.42. The Hall–Kier alpha value is -2.62. The molecule has 0 radical (unpaired) electrons. The molecule has 4 nitrogen and oxygen atoms in total. The Labute approximate surface area is 129 Å². The number of amides is 1. The average molecular weight is 294 g/mol. The normalized spacial score (nSPS) is 14.5. The lowest BCUT2D eigenvalue weighted by Crippen LogP contribution is -2.38. The van der Waals surface area contributed by atoms with Crippen LogP contribution in [0, 0.1) is 0 Å². The van der Waals surface area contributed by atoms with Gasteiger partial charge in [-0.05, 0) is 23.6 Å². The van der Waals surface area contributed by atoms with E-state index in [0.717, 1.165) is 6.42 Å². The van der Waals surface area contributed by atoms with E-state index in [1.165, 1.54) is 21.8 Å². The van der Waals surface area contributed by atoms with Crippen molar-refractivity contribution < 1.29 is 4.79 Å². The number of carbonyl (C=O) groups is 1. The van der Waals surface area contributed by atoms with E-state index < -0.39 is 0 Å². The van der Waals surface area contributed by atoms with Crippen molar-refractivity contribution in [3.05, 3.63) is 76.7 Å². The molecule has 1 aromatic carbocycles. The number of carbonyl (C=O) groups excluding carboxylic acids is 1. The minimum Gasteiger partial charge on any atom is -0.337 e. The molecule has 2 aromatic rings. The first-order valence-corrected chi connectivity index (χ1v) is 7.42. The fraction of sp³-hybridized carbons (Fsp3) is 0.222. The van der Waals surface area contributed by atoms with E-state index in [-0.39, 0.29) is 18.0 Å². The number of rotatable bonds is 3. The SMILES string of the molecule is O=C(Cn1ccccc1=O)N1CC=C(c2ccccc2)CC1. The number of aromatic nitrogens is 1. The summed E-state index contributed by atoms with van der Waals surface area (Å²) in [7, 11) is 0. The van der Waals surface area contributed by atoms with Crippen molar-refractivity contribution in [2.45, 2.75) is 13.0 Å². The molecule has 1 aromatic heterocycles. The number of hydrogen-bond acceptors (Lipinski definition) is 2. The number of benzene rings is 1. The summed E-state index contributed by atoms with van der Waals surface area (Å²) < 4.78 is 1.44. The Kier molecular flexibility index (Phi) is 4.19. The lowest BCUT2D eigenvalue weighted by Gasteiger charge is -2.27. The van der Waals surface area contributed by atoms with Crippen LogP contribution in [0.25, 0.3) is 5.57 Å². The van der Waals surface area contributed by atoms with Crippen LogP contribution in [0.2, 0.25) is 0 Å². The molecule has 4 heteroatoms. The maximum Gasteiger partial charge on any atom is 0.250 e. The van der Waals surface area contributed by atoms with Crippen LogP contribution >= 0.6 is 0 Å². The van der Waals surface area contributed by atoms with Gasteiger partial charge in [0.25, 0.3) is 5.56 Å². The summed E-state index contributed by atoms with van der Waals surface area (Å²) >= 11 is 0. The highest BCUT2D eigenvalue weighted by molar-refractivity contribution is 5.78. The Morgan fingerprint density at radius 1 is 1.05 bits per heavy atom. The molecule has 0 N–H and O–H groups in total. The summed E-state index contributed by atoms with van der Waals surface area (Å²) in [4.78, 5) is 25.8. The molecule has 0 spiro atoms. The topological polar surface area (TPSA) is 42.3 Å². The van der Waals surface area contributed by atoms with Crippen LogP contribution in [0.15, 0.2) is 65.6 Å². The van der Waals surface area contributed by atoms with Crippen LogP contribution in [-0.2, 0) is 11.3 Å². The van der Waals surface area contributed by atoms with Gasteiger partial charge in [0, 0.05) is 25.4 Å². The van der Waals surface area contributed by atoms with Crippen molar-refractivity contribution in [2.24, 2.45) is 0 Å². The van der Waals surface area contributed by atoms with E-state index in [0.29, 0.717) is 13.1 Å². The second-order valence-corrected chi connectivity index (χ2v) is 5.35. The molecule has 0 unspecified atom stereocenters. The first kappa shape index (κ1) is 14.3. The van der Waals surface area contributed by atoms with Crippen molar-refractivity contribution in [1.29, 1.82) is 0 Å². The zero-order valence-corrected chi connectivity index (χ0v) is 12.3. The third kappa shape index (κ3) is 3.17. The van der Waals surface area contributed by atoms with E-state index in [4.69, 9.17) is 0 Å². The van der Waals surface area contributed by atoms with Crippen molar-refractivity contribution in [2.75, 3.05) is 13.1 Å². The Morgan fingerprint density at radius 3 is 2.50 bits per heavy atom. The lowest BCUT2D eigenvalue weighted by molar-refractivity contribution is -0.131. The minimum atomic E-state index is -0.145. The van der Waals surface area contributed by atoms with Crippen LogP contribution in [0.1, 0.15) is 12.0 Å². The molecule has 0 bridgehead atoms. The summed E-state index contributed by atoms with van der Waals surface area (Å²) in [5, 5.41) is 0. The maximum atomic E-state index is 12.3. The third-order valence-electron chi connectivity index (χ3n) is 3.91. The molecule has 0 saturated heterocycles. The van der Waals surface area contributed by atoms with Gasteiger partial charge < -0.3 is 9.47 Å². The smallest absolute Gasteiger partial charge is 0.250 e. The molecule has 22 heavy (non-hydrogen) atoms. The molecular weight excluding hydrogens is 276 g/mol. The quantitative estimate of drug-likeness (QED) is 0.870. The van der Waals surface area contributed by atoms with E-state index >= 15 is 0 Å². The molecule has 1 aliphatic heterocycles. The van der Waals surface area contributed by atoms with Crippen LogP contribution in [-0.4, -0.2) is 28.5 Å². The van der Waals surface area contributed by atoms with Gasteiger partial charge in [0.1, 0.15) is 6.54 Å². The van der Waals surface area contributed by atoms with Gasteiger partial charge in [-0.25, -0.2) is 0 Å². The van der Waals surface area contributed by atoms with Gasteiger partial charge in [0.2, 0.25) is 5.91 Å². The Bertz CT molecular complexity index is 747. The predicted octanol–water partition coefficient (Wildman–Crippen LogP) is 2.16. The summed E-state index contributed by atoms with van der Waals surface area (Å²) in [6.07, 6.45) is 4.60. The highest BCUT2D eigenvalue weighted by Gasteiger charge is 2.18. The van der Waals surface area contributed by atoms with E-state index in [1.807, 2.05) is 18.2 Å². The van der Waals surface area contributed by atoms with Crippen molar-refractivity contribution in [3.63, 3.8) is 0 Å². The molecule has 1 aliphatic rings. The molecule has 3 rings (SSSR count). The molecule has 0 fully saturated rings. The van der Waals surface area contributed by atoms with Crippen LogP contribution in [0.5, 0.6) is 0 Å². The molecule has 0 aliphatic carbocycles. The Morgan fingerprint density at radius 2 is 1.82 bits per heavy atom. The van der Waals surface area contributed by atoms with E-state index in [1.54, 1.807) is 23.2 Å². The van der Waals surface area contributed by atoms with Gasteiger partial charge in [0.15, 0.2) is 0 Å². The summed E-state index contributed by atoms with van der Waals surface area (Å²) in [5.41, 5.74) is 2.35. The fourth-order valence-corrected chi connectivity index (χ4v) is 2.65. The molecule has 2 heterocycles. The standard InChI is InChI=1S/C18H18N2O2/c21-17-8-4-5-11-20(17)14-18(22)19-12-9-16(10-13-19)15-6-2-1-3-7-15/h1-9,11H,10,12-14H2. The van der Waals surface area contributed by atoms with Gasteiger partial charge >= 0.3 is 0 Å². The lowest BCUT2D eigenvalue weighted by atomic mass is 9.99. The van der Waals surface area contributed by atoms with Crippen molar-refractivity contribution >= 4 is 11.5 Å². The average Bonchev–Trinajstić information content (AvgIpc) is 2.58. The molecule has 0 saturated carbocycles. The van der Waals surface area contributed by atoms with Gasteiger partial charge in [-0.1, -0.05) is 42.5 Å². The van der Waals surface area contributed by atoms with Gasteiger partial charge in [-0.2, -0.15) is 0 Å². The molecule has 0 atom stereocenters. The van der Waals surface area contributed by atoms with Crippen LogP contribution < -0.4 is 5.56 Å². The number of hydrogen-bond donors (Lipinski definition) is 0. The molecule has 1 amide bonds. The zero-order chi connectivity index (χ0) is 15.4. The summed E-state index contributed by atoms with van der Waals surface area (Å²) in [6.45, 7) is 1.40. The number of pyridine rings is 1. The minimum absolute atomic E-state index is 0.0170. The predicted molar refractivity (Wildman–Crippen MR) is 86.3 cm³/mol. The highest BCUT2D eigenvalue weighted by atomic mass is 16.2. The first-order chi connectivity index (χ1) is 10.7. The number of nitrogens with zero attached hydrogens (tertiary/aromatic N) is 2. The van der Waals surface area contributed by atoms with Gasteiger partial charge in [0.05, 0.1) is 0 Å². The van der Waals surface area contributed by atoms with Gasteiger partial charge in [-0.3, -0.25) is 9.59 Å². The van der Waals surface area contributed by atoms with Crippen LogP contribution in [0.4, 0.5) is 0 Å². The van der Waals surface area contributed by atoms with Crippen molar-refractivity contribution in [1.82, 2.24) is 9.47 Å². The van der Waals surface area contributed by atoms with Gasteiger partial charge in [-0.15, -0.1) is 0 Å². The second kappa shape index (κ2) is 6.43. The highest BCUT2D eigenvalue weighted by Crippen LogP contribution is 2.21. The maximum absolute atomic E-state index is 12.3. The molecular formula is C18H18N2O2. The fourth-order valence-electron chi connectivity index (χ4n) is 2.65. The van der Waals surface area contributed by atoms with E-state index in [9.17, 15) is 9.59 Å². The second-order valence-electron chi connectivity index (χ2n) is 5.35. The monoisotopic (exact) mass is 294 g/mol. The zero-order valence-electron chi connectivity index (χ0n) is 12.3. The summed E-state index contributed by atoms with van der Waals surface area (Å²) in [6, 6.07) is 15.1. The third-order valence-corrected chi connectivity index (χ3v) is 3.91. The summed E-state index contributed by atoms with van der Waals surface area (Å²) in [5.74, 6) is -0.0170. The Balaban J connectivity index is 1.66. The van der Waals surface area contributed by atoms with Crippen LogP contribution in [0.3, 0.4) is 0 Å². The largest absolute Gasteiger partial charge is 0.337 e. The molecule has 112 valence electrons.